The number of benzene rings is 8. The minimum absolute atomic E-state index is 0.805. The Morgan fingerprint density at radius 1 is 0.386 bits per heavy atom. The lowest BCUT2D eigenvalue weighted by Gasteiger charge is -2.28. The van der Waals surface area contributed by atoms with Crippen LogP contribution >= 0.6 is 11.6 Å². The molecule has 8 aromatic carbocycles. The van der Waals surface area contributed by atoms with E-state index in [0.717, 1.165) is 49.2 Å². The molecule has 8 aromatic rings. The summed E-state index contributed by atoms with van der Waals surface area (Å²) in [4.78, 5) is 2.39. The molecule has 208 valence electrons. The summed E-state index contributed by atoms with van der Waals surface area (Å²) in [6.45, 7) is 0. The third-order valence-corrected chi connectivity index (χ3v) is 8.92. The van der Waals surface area contributed by atoms with E-state index >= 15 is 0 Å². The predicted octanol–water partition coefficient (Wildman–Crippen LogP) is 12.6. The molecule has 0 radical (unpaired) electrons. The Balaban J connectivity index is 1.25. The quantitative estimate of drug-likeness (QED) is 0.144. The lowest BCUT2D eigenvalue weighted by molar-refractivity contribution is 1.31. The lowest BCUT2D eigenvalue weighted by atomic mass is 9.96. The van der Waals surface area contributed by atoms with Crippen LogP contribution < -0.4 is 4.90 Å². The second-order valence-corrected chi connectivity index (χ2v) is 11.5. The van der Waals surface area contributed by atoms with Crippen LogP contribution in [-0.4, -0.2) is 0 Å². The Morgan fingerprint density at radius 3 is 1.34 bits per heavy atom. The zero-order valence-corrected chi connectivity index (χ0v) is 24.7. The van der Waals surface area contributed by atoms with Gasteiger partial charge in [-0.3, -0.25) is 0 Å². The fraction of sp³-hybridized carbons (Fsp3) is 0. The Labute approximate surface area is 261 Å². The second kappa shape index (κ2) is 11.0. The van der Waals surface area contributed by atoms with Gasteiger partial charge in [-0.25, -0.2) is 0 Å². The summed E-state index contributed by atoms with van der Waals surface area (Å²) >= 11 is 6.86. The molecule has 0 aliphatic heterocycles. The highest BCUT2D eigenvalue weighted by Gasteiger charge is 2.17. The predicted molar refractivity (Wildman–Crippen MR) is 192 cm³/mol. The van der Waals surface area contributed by atoms with Crippen LogP contribution in [0, 0.1) is 0 Å². The number of hydrogen-bond donors (Lipinski definition) is 0. The normalized spacial score (nSPS) is 11.7. The first-order valence-corrected chi connectivity index (χ1v) is 15.3. The van der Waals surface area contributed by atoms with Gasteiger partial charge < -0.3 is 4.90 Å². The molecule has 0 amide bonds. The molecule has 1 nitrogen and oxygen atoms in total. The molecule has 2 heteroatoms. The molecule has 0 aliphatic rings. The lowest BCUT2D eigenvalue weighted by Crippen LogP contribution is -2.11. The SMILES string of the molecule is Clc1c2ccccc2c(/C=C/c2ccc(N(c3cccc4ccccc34)c3cccc4ccccc34)cc2)c2ccccc12. The van der Waals surface area contributed by atoms with Crippen molar-refractivity contribution in [2.24, 2.45) is 0 Å². The Bertz CT molecular complexity index is 2200. The van der Waals surface area contributed by atoms with Crippen molar-refractivity contribution in [1.29, 1.82) is 0 Å². The van der Waals surface area contributed by atoms with Gasteiger partial charge in [0.15, 0.2) is 0 Å². The summed E-state index contributed by atoms with van der Waals surface area (Å²) in [5.41, 5.74) is 5.73. The summed E-state index contributed by atoms with van der Waals surface area (Å²) in [6, 6.07) is 55.9. The van der Waals surface area contributed by atoms with Crippen molar-refractivity contribution in [2.75, 3.05) is 4.90 Å². The van der Waals surface area contributed by atoms with Gasteiger partial charge in [0.25, 0.3) is 0 Å². The van der Waals surface area contributed by atoms with Crippen LogP contribution in [0.4, 0.5) is 17.1 Å². The van der Waals surface area contributed by atoms with Crippen LogP contribution in [0.15, 0.2) is 158 Å². The van der Waals surface area contributed by atoms with Crippen LogP contribution in [-0.2, 0) is 0 Å². The molecule has 0 aromatic heterocycles. The minimum atomic E-state index is 0.805. The molecule has 0 saturated carbocycles. The van der Waals surface area contributed by atoms with Gasteiger partial charge in [0, 0.05) is 27.2 Å². The van der Waals surface area contributed by atoms with E-state index in [-0.39, 0.29) is 0 Å². The zero-order chi connectivity index (χ0) is 29.5. The van der Waals surface area contributed by atoms with Gasteiger partial charge in [0.05, 0.1) is 16.4 Å². The summed E-state index contributed by atoms with van der Waals surface area (Å²) in [7, 11) is 0. The van der Waals surface area contributed by atoms with Crippen LogP contribution in [0.2, 0.25) is 5.02 Å². The number of nitrogens with zero attached hydrogens (tertiary/aromatic N) is 1. The third-order valence-electron chi connectivity index (χ3n) is 8.52. The fourth-order valence-corrected chi connectivity index (χ4v) is 6.75. The molecule has 8 rings (SSSR count). The van der Waals surface area contributed by atoms with Crippen LogP contribution in [0.3, 0.4) is 0 Å². The van der Waals surface area contributed by atoms with Crippen molar-refractivity contribution in [3.05, 3.63) is 174 Å². The first kappa shape index (κ1) is 26.3. The Morgan fingerprint density at radius 2 is 0.818 bits per heavy atom. The van der Waals surface area contributed by atoms with E-state index in [2.05, 4.69) is 163 Å². The second-order valence-electron chi connectivity index (χ2n) is 11.1. The standard InChI is InChI=1S/C42H28ClN/c43-42-38-19-7-5-17-35(38)37(36-18-6-8-20-39(36)42)28-25-29-23-26-32(27-24-29)44(40-21-9-13-30-11-1-3-15-33(30)40)41-22-10-14-31-12-2-4-16-34(31)41/h1-28H/b28-25+. The van der Waals surface area contributed by atoms with Crippen molar-refractivity contribution in [2.45, 2.75) is 0 Å². The molecule has 0 unspecified atom stereocenters. The molecule has 0 bridgehead atoms. The maximum Gasteiger partial charge on any atom is 0.0563 e. The molecule has 0 saturated heterocycles. The average Bonchev–Trinajstić information content (AvgIpc) is 3.09. The zero-order valence-electron chi connectivity index (χ0n) is 24.0. The van der Waals surface area contributed by atoms with Crippen LogP contribution in [0.5, 0.6) is 0 Å². The molecule has 44 heavy (non-hydrogen) atoms. The minimum Gasteiger partial charge on any atom is -0.309 e. The first-order chi connectivity index (χ1) is 21.8. The van der Waals surface area contributed by atoms with Crippen molar-refractivity contribution in [1.82, 2.24) is 0 Å². The van der Waals surface area contributed by atoms with Gasteiger partial charge in [-0.2, -0.15) is 0 Å². The van der Waals surface area contributed by atoms with Gasteiger partial charge >= 0.3 is 0 Å². The number of anilines is 3. The number of rotatable bonds is 5. The van der Waals surface area contributed by atoms with E-state index in [1.54, 1.807) is 0 Å². The van der Waals surface area contributed by atoms with Gasteiger partial charge in [-0.1, -0.05) is 157 Å². The van der Waals surface area contributed by atoms with E-state index in [0.29, 0.717) is 0 Å². The van der Waals surface area contributed by atoms with Gasteiger partial charge in [0.1, 0.15) is 0 Å². The molecular formula is C42H28ClN. The molecule has 0 fully saturated rings. The summed E-state index contributed by atoms with van der Waals surface area (Å²) < 4.78 is 0. The van der Waals surface area contributed by atoms with Crippen molar-refractivity contribution in [3.63, 3.8) is 0 Å². The largest absolute Gasteiger partial charge is 0.309 e. The van der Waals surface area contributed by atoms with E-state index in [1.807, 2.05) is 12.1 Å². The highest BCUT2D eigenvalue weighted by Crippen LogP contribution is 2.42. The van der Waals surface area contributed by atoms with Gasteiger partial charge in [-0.15, -0.1) is 0 Å². The average molecular weight is 582 g/mol. The summed E-state index contributed by atoms with van der Waals surface area (Å²) in [6.07, 6.45) is 4.43. The summed E-state index contributed by atoms with van der Waals surface area (Å²) in [5, 5.41) is 10.1. The third kappa shape index (κ3) is 4.50. The maximum atomic E-state index is 6.86. The molecule has 0 heterocycles. The highest BCUT2D eigenvalue weighted by molar-refractivity contribution is 6.41. The summed E-state index contributed by atoms with van der Waals surface area (Å²) in [5.74, 6) is 0. The number of fused-ring (bicyclic) bond motifs is 4. The Hall–Kier alpha value is -5.37. The van der Waals surface area contributed by atoms with Crippen molar-refractivity contribution < 1.29 is 0 Å². The van der Waals surface area contributed by atoms with Gasteiger partial charge in [-0.05, 0) is 56.9 Å². The number of hydrogen-bond acceptors (Lipinski definition) is 1. The molecule has 0 atom stereocenters. The first-order valence-electron chi connectivity index (χ1n) is 14.9. The Kier molecular flexibility index (Phi) is 6.59. The monoisotopic (exact) mass is 581 g/mol. The van der Waals surface area contributed by atoms with Crippen molar-refractivity contribution >= 4 is 83.9 Å². The highest BCUT2D eigenvalue weighted by atomic mass is 35.5. The molecule has 0 aliphatic carbocycles. The van der Waals surface area contributed by atoms with Crippen LogP contribution in [0.25, 0.3) is 55.2 Å². The molecular weight excluding hydrogens is 554 g/mol. The van der Waals surface area contributed by atoms with E-state index in [1.165, 1.54) is 27.1 Å². The topological polar surface area (TPSA) is 3.24 Å². The van der Waals surface area contributed by atoms with Gasteiger partial charge in [0.2, 0.25) is 0 Å². The van der Waals surface area contributed by atoms with Crippen LogP contribution in [0.1, 0.15) is 11.1 Å². The van der Waals surface area contributed by atoms with Crippen molar-refractivity contribution in [3.8, 4) is 0 Å². The van der Waals surface area contributed by atoms with E-state index in [9.17, 15) is 0 Å². The molecule has 0 N–H and O–H groups in total. The van der Waals surface area contributed by atoms with E-state index < -0.39 is 0 Å². The smallest absolute Gasteiger partial charge is 0.0563 e. The maximum absolute atomic E-state index is 6.86. The number of halogens is 1. The molecule has 0 spiro atoms. The fourth-order valence-electron chi connectivity index (χ4n) is 6.42. The van der Waals surface area contributed by atoms with E-state index in [4.69, 9.17) is 11.6 Å².